The highest BCUT2D eigenvalue weighted by atomic mass is 35.5. The number of halogens is 1. The van der Waals surface area contributed by atoms with Crippen LogP contribution >= 0.6 is 11.6 Å². The van der Waals surface area contributed by atoms with E-state index in [-0.39, 0.29) is 11.3 Å². The van der Waals surface area contributed by atoms with Crippen molar-refractivity contribution in [1.82, 2.24) is 15.0 Å². The van der Waals surface area contributed by atoms with Gasteiger partial charge in [0.15, 0.2) is 0 Å². The number of ether oxygens (including phenoxy) is 2. The molecule has 0 unspecified atom stereocenters. The van der Waals surface area contributed by atoms with Crippen LogP contribution in [0.3, 0.4) is 0 Å². The summed E-state index contributed by atoms with van der Waals surface area (Å²) in [7, 11) is 1.63. The number of benzene rings is 1. The quantitative estimate of drug-likeness (QED) is 0.883. The molecule has 0 bridgehead atoms. The minimum absolute atomic E-state index is 0.0889. The SMILES string of the molecule is CCOc1nc(Cl)nc(NCc2ccccc2OC)n1. The van der Waals surface area contributed by atoms with E-state index in [2.05, 4.69) is 20.3 Å². The van der Waals surface area contributed by atoms with Gasteiger partial charge in [0.2, 0.25) is 11.2 Å². The summed E-state index contributed by atoms with van der Waals surface area (Å²) in [6.07, 6.45) is 0. The molecule has 6 nitrogen and oxygen atoms in total. The van der Waals surface area contributed by atoms with Crippen LogP contribution in [0.25, 0.3) is 0 Å². The lowest BCUT2D eigenvalue weighted by Crippen LogP contribution is -2.07. The molecule has 106 valence electrons. The van der Waals surface area contributed by atoms with Gasteiger partial charge in [-0.15, -0.1) is 0 Å². The third-order valence-corrected chi connectivity index (χ3v) is 2.66. The molecule has 0 aliphatic rings. The highest BCUT2D eigenvalue weighted by Crippen LogP contribution is 2.19. The molecule has 1 aromatic carbocycles. The van der Waals surface area contributed by atoms with Gasteiger partial charge in [0, 0.05) is 12.1 Å². The standard InChI is InChI=1S/C13H15ClN4O2/c1-3-20-13-17-11(14)16-12(18-13)15-8-9-6-4-5-7-10(9)19-2/h4-7H,3,8H2,1-2H3,(H,15,16,17,18). The van der Waals surface area contributed by atoms with Gasteiger partial charge in [0.05, 0.1) is 13.7 Å². The van der Waals surface area contributed by atoms with Gasteiger partial charge in [-0.2, -0.15) is 15.0 Å². The molecule has 1 heterocycles. The summed E-state index contributed by atoms with van der Waals surface area (Å²) in [5.41, 5.74) is 0.990. The molecule has 2 aromatic rings. The Labute approximate surface area is 122 Å². The van der Waals surface area contributed by atoms with Gasteiger partial charge in [0.1, 0.15) is 5.75 Å². The van der Waals surface area contributed by atoms with Crippen molar-refractivity contribution in [3.05, 3.63) is 35.1 Å². The van der Waals surface area contributed by atoms with E-state index in [9.17, 15) is 0 Å². The highest BCUT2D eigenvalue weighted by Gasteiger charge is 2.07. The number of anilines is 1. The molecule has 0 aliphatic heterocycles. The van der Waals surface area contributed by atoms with Gasteiger partial charge in [-0.05, 0) is 24.6 Å². The predicted molar refractivity (Wildman–Crippen MR) is 76.3 cm³/mol. The molecule has 0 saturated carbocycles. The topological polar surface area (TPSA) is 69.2 Å². The highest BCUT2D eigenvalue weighted by molar-refractivity contribution is 6.28. The summed E-state index contributed by atoms with van der Waals surface area (Å²) in [6, 6.07) is 7.90. The summed E-state index contributed by atoms with van der Waals surface area (Å²) < 4.78 is 10.5. The van der Waals surface area contributed by atoms with Crippen molar-refractivity contribution in [2.75, 3.05) is 19.0 Å². The lowest BCUT2D eigenvalue weighted by atomic mass is 10.2. The molecule has 0 aliphatic carbocycles. The number of para-hydroxylation sites is 1. The number of aromatic nitrogens is 3. The molecule has 2 rings (SSSR count). The fourth-order valence-electron chi connectivity index (χ4n) is 1.63. The first kappa shape index (κ1) is 14.3. The third-order valence-electron chi connectivity index (χ3n) is 2.49. The minimum Gasteiger partial charge on any atom is -0.496 e. The van der Waals surface area contributed by atoms with E-state index in [1.54, 1.807) is 7.11 Å². The first-order valence-electron chi connectivity index (χ1n) is 6.13. The Kier molecular flexibility index (Phi) is 4.95. The van der Waals surface area contributed by atoms with Crippen LogP contribution < -0.4 is 14.8 Å². The molecule has 0 amide bonds. The lowest BCUT2D eigenvalue weighted by Gasteiger charge is -2.10. The number of nitrogens with one attached hydrogen (secondary N) is 1. The zero-order valence-corrected chi connectivity index (χ0v) is 12.0. The molecule has 0 atom stereocenters. The van der Waals surface area contributed by atoms with E-state index >= 15 is 0 Å². The number of methoxy groups -OCH3 is 1. The van der Waals surface area contributed by atoms with Crippen LogP contribution in [0, 0.1) is 0 Å². The van der Waals surface area contributed by atoms with Crippen molar-refractivity contribution in [3.63, 3.8) is 0 Å². The minimum atomic E-state index is 0.0889. The van der Waals surface area contributed by atoms with Crippen LogP contribution in [0.4, 0.5) is 5.95 Å². The van der Waals surface area contributed by atoms with Crippen molar-refractivity contribution >= 4 is 17.5 Å². The normalized spacial score (nSPS) is 10.2. The second kappa shape index (κ2) is 6.91. The Morgan fingerprint density at radius 1 is 1.20 bits per heavy atom. The molecule has 0 spiro atoms. The summed E-state index contributed by atoms with van der Waals surface area (Å²) >= 11 is 5.82. The van der Waals surface area contributed by atoms with Crippen LogP contribution in [0.15, 0.2) is 24.3 Å². The maximum absolute atomic E-state index is 5.82. The fraction of sp³-hybridized carbons (Fsp3) is 0.308. The molecule has 7 heteroatoms. The first-order valence-corrected chi connectivity index (χ1v) is 6.51. The zero-order chi connectivity index (χ0) is 14.4. The van der Waals surface area contributed by atoms with E-state index in [0.29, 0.717) is 19.1 Å². The number of nitrogens with zero attached hydrogens (tertiary/aromatic N) is 3. The molecule has 0 fully saturated rings. The smallest absolute Gasteiger partial charge is 0.322 e. The van der Waals surface area contributed by atoms with Crippen molar-refractivity contribution in [3.8, 4) is 11.8 Å². The summed E-state index contributed by atoms with van der Waals surface area (Å²) in [4.78, 5) is 12.0. The van der Waals surface area contributed by atoms with E-state index < -0.39 is 0 Å². The van der Waals surface area contributed by atoms with Crippen LogP contribution in [0.1, 0.15) is 12.5 Å². The lowest BCUT2D eigenvalue weighted by molar-refractivity contribution is 0.312. The van der Waals surface area contributed by atoms with Crippen molar-refractivity contribution in [2.24, 2.45) is 0 Å². The maximum Gasteiger partial charge on any atom is 0.322 e. The molecule has 0 saturated heterocycles. The second-order valence-electron chi connectivity index (χ2n) is 3.81. The van der Waals surface area contributed by atoms with E-state index in [1.807, 2.05) is 31.2 Å². The molecular weight excluding hydrogens is 280 g/mol. The average Bonchev–Trinajstić information content (AvgIpc) is 2.45. The largest absolute Gasteiger partial charge is 0.496 e. The Morgan fingerprint density at radius 2 is 2.00 bits per heavy atom. The fourth-order valence-corrected chi connectivity index (χ4v) is 1.78. The van der Waals surface area contributed by atoms with Crippen molar-refractivity contribution < 1.29 is 9.47 Å². The Bertz CT molecular complexity index is 580. The van der Waals surface area contributed by atoms with E-state index in [0.717, 1.165) is 11.3 Å². The van der Waals surface area contributed by atoms with Gasteiger partial charge in [-0.1, -0.05) is 18.2 Å². The van der Waals surface area contributed by atoms with E-state index in [4.69, 9.17) is 21.1 Å². The molecule has 20 heavy (non-hydrogen) atoms. The summed E-state index contributed by atoms with van der Waals surface area (Å²) in [6.45, 7) is 2.82. The van der Waals surface area contributed by atoms with Gasteiger partial charge < -0.3 is 14.8 Å². The van der Waals surface area contributed by atoms with Crippen LogP contribution in [0.5, 0.6) is 11.8 Å². The van der Waals surface area contributed by atoms with E-state index in [1.165, 1.54) is 0 Å². The summed E-state index contributed by atoms with van der Waals surface area (Å²) in [5, 5.41) is 3.16. The average molecular weight is 295 g/mol. The Morgan fingerprint density at radius 3 is 2.75 bits per heavy atom. The predicted octanol–water partition coefficient (Wildman–Crippen LogP) is 2.54. The first-order chi connectivity index (χ1) is 9.72. The monoisotopic (exact) mass is 294 g/mol. The van der Waals surface area contributed by atoms with Crippen LogP contribution in [-0.4, -0.2) is 28.7 Å². The number of hydrogen-bond donors (Lipinski definition) is 1. The Hall–Kier alpha value is -2.08. The van der Waals surface area contributed by atoms with Gasteiger partial charge >= 0.3 is 6.01 Å². The van der Waals surface area contributed by atoms with Crippen LogP contribution in [0.2, 0.25) is 5.28 Å². The van der Waals surface area contributed by atoms with Gasteiger partial charge in [-0.3, -0.25) is 0 Å². The van der Waals surface area contributed by atoms with Gasteiger partial charge in [-0.25, -0.2) is 0 Å². The van der Waals surface area contributed by atoms with Crippen molar-refractivity contribution in [2.45, 2.75) is 13.5 Å². The Balaban J connectivity index is 2.10. The maximum atomic E-state index is 5.82. The molecule has 1 N–H and O–H groups in total. The molecular formula is C13H15ClN4O2. The molecule has 1 aromatic heterocycles. The number of hydrogen-bond acceptors (Lipinski definition) is 6. The van der Waals surface area contributed by atoms with Gasteiger partial charge in [0.25, 0.3) is 0 Å². The number of rotatable bonds is 6. The second-order valence-corrected chi connectivity index (χ2v) is 4.15. The third kappa shape index (κ3) is 3.71. The molecule has 0 radical (unpaired) electrons. The summed E-state index contributed by atoms with van der Waals surface area (Å²) in [5.74, 6) is 1.16. The van der Waals surface area contributed by atoms with Crippen molar-refractivity contribution in [1.29, 1.82) is 0 Å². The van der Waals surface area contributed by atoms with Crippen LogP contribution in [-0.2, 0) is 6.54 Å². The zero-order valence-electron chi connectivity index (χ0n) is 11.3.